The lowest BCUT2D eigenvalue weighted by molar-refractivity contribution is 0.0600. The minimum atomic E-state index is -0.532. The molecule has 8 heteroatoms. The van der Waals surface area contributed by atoms with Gasteiger partial charge in [0.2, 0.25) is 0 Å². The molecule has 1 N–H and O–H groups in total. The van der Waals surface area contributed by atoms with Gasteiger partial charge in [0, 0.05) is 42.6 Å². The molecule has 3 aromatic rings. The number of nitrogens with one attached hydrogen (secondary N) is 1. The average molecular weight is 442 g/mol. The van der Waals surface area contributed by atoms with Crippen molar-refractivity contribution >= 4 is 16.9 Å². The van der Waals surface area contributed by atoms with E-state index < -0.39 is 5.97 Å². The fourth-order valence-corrected chi connectivity index (χ4v) is 3.91. The highest BCUT2D eigenvalue weighted by Crippen LogP contribution is 2.24. The highest BCUT2D eigenvalue weighted by atomic mass is 16.5. The van der Waals surface area contributed by atoms with E-state index in [9.17, 15) is 9.59 Å². The topological polar surface area (TPSA) is 91.1 Å². The summed E-state index contributed by atoms with van der Waals surface area (Å²) in [4.78, 5) is 24.2. The van der Waals surface area contributed by atoms with E-state index in [0.29, 0.717) is 31.0 Å². The molecule has 0 radical (unpaired) electrons. The van der Waals surface area contributed by atoms with E-state index in [1.807, 2.05) is 65.4 Å². The largest absolute Gasteiger partial charge is 0.489 e. The number of hydrogen-bond acceptors (Lipinski definition) is 5. The van der Waals surface area contributed by atoms with Gasteiger partial charge in [-0.2, -0.15) is 5.10 Å². The fraction of sp³-hybridized carbons (Fsp3) is 0.160. The number of carbonyl (C=O) groups excluding carboxylic acids is 1. The number of fused-ring (bicyclic) bond motifs is 2. The quantitative estimate of drug-likeness (QED) is 0.388. The smallest absolute Gasteiger partial charge is 0.341 e. The van der Waals surface area contributed by atoms with Gasteiger partial charge in [-0.3, -0.25) is 4.79 Å². The number of esters is 1. The number of rotatable bonds is 7. The first-order valence-electron chi connectivity index (χ1n) is 10.5. The minimum absolute atomic E-state index is 0.255. The van der Waals surface area contributed by atoms with Gasteiger partial charge < -0.3 is 18.6 Å². The third kappa shape index (κ3) is 4.10. The van der Waals surface area contributed by atoms with Crippen LogP contribution in [-0.4, -0.2) is 32.4 Å². The number of methoxy groups -OCH3 is 1. The Morgan fingerprint density at radius 2 is 1.91 bits per heavy atom. The predicted octanol–water partition coefficient (Wildman–Crippen LogP) is 3.70. The molecule has 2 aliphatic heterocycles. The van der Waals surface area contributed by atoms with E-state index in [1.54, 1.807) is 12.4 Å². The summed E-state index contributed by atoms with van der Waals surface area (Å²) in [5.41, 5.74) is 2.79. The second kappa shape index (κ2) is 8.66. The van der Waals surface area contributed by atoms with Crippen molar-refractivity contribution in [1.82, 2.24) is 19.3 Å². The summed E-state index contributed by atoms with van der Waals surface area (Å²) in [5.74, 6) is 0.282. The number of aromatic nitrogens is 4. The molecule has 3 heterocycles. The maximum atomic E-state index is 12.2. The Morgan fingerprint density at radius 3 is 2.73 bits per heavy atom. The third-order valence-electron chi connectivity index (χ3n) is 5.61. The number of nitrogens with zero attached hydrogens (tertiary/aromatic N) is 3. The number of benzene rings is 2. The summed E-state index contributed by atoms with van der Waals surface area (Å²) in [6, 6.07) is 18.1. The van der Waals surface area contributed by atoms with Gasteiger partial charge in [0.15, 0.2) is 0 Å². The number of H-pyrrole nitrogens is 1. The van der Waals surface area contributed by atoms with E-state index in [2.05, 4.69) is 14.8 Å². The molecule has 0 aliphatic carbocycles. The zero-order valence-corrected chi connectivity index (χ0v) is 18.0. The van der Waals surface area contributed by atoms with Crippen molar-refractivity contribution in [2.24, 2.45) is 0 Å². The van der Waals surface area contributed by atoms with E-state index in [-0.39, 0.29) is 11.1 Å². The van der Waals surface area contributed by atoms with E-state index in [0.717, 1.165) is 22.2 Å². The summed E-state index contributed by atoms with van der Waals surface area (Å²) in [7, 11) is 1.31. The minimum Gasteiger partial charge on any atom is -0.489 e. The molecule has 8 nitrogen and oxygen atoms in total. The Hall–Kier alpha value is -4.33. The third-order valence-corrected chi connectivity index (χ3v) is 5.61. The molecule has 166 valence electrons. The van der Waals surface area contributed by atoms with Gasteiger partial charge in [-0.15, -0.1) is 0 Å². The molecule has 2 aliphatic rings. The van der Waals surface area contributed by atoms with Gasteiger partial charge in [0.25, 0.3) is 5.56 Å². The zero-order chi connectivity index (χ0) is 22.8. The van der Waals surface area contributed by atoms with Gasteiger partial charge in [-0.1, -0.05) is 30.3 Å². The lowest BCUT2D eigenvalue weighted by Gasteiger charge is -2.13. The van der Waals surface area contributed by atoms with Crippen LogP contribution in [0.1, 0.15) is 15.9 Å². The Kier molecular flexibility index (Phi) is 5.40. The summed E-state index contributed by atoms with van der Waals surface area (Å²) < 4.78 is 14.7. The summed E-state index contributed by atoms with van der Waals surface area (Å²) >= 11 is 0. The van der Waals surface area contributed by atoms with Crippen molar-refractivity contribution in [1.29, 1.82) is 0 Å². The molecule has 0 atom stereocenters. The van der Waals surface area contributed by atoms with Crippen molar-refractivity contribution in [2.75, 3.05) is 7.11 Å². The van der Waals surface area contributed by atoms with Gasteiger partial charge in [0.1, 0.15) is 23.6 Å². The SMILES string of the molecule is COC(=O)c1cn(CCn2ccc3cc(OCc4ccccc4)ccc32)cc2c(=O)[nH]nc1-2. The van der Waals surface area contributed by atoms with Crippen LogP contribution in [0, 0.1) is 0 Å². The first kappa shape index (κ1) is 20.6. The molecule has 5 rings (SSSR count). The number of aromatic amines is 1. The van der Waals surface area contributed by atoms with Gasteiger partial charge in [-0.05, 0) is 29.8 Å². The molecule has 0 saturated heterocycles. The van der Waals surface area contributed by atoms with Crippen molar-refractivity contribution in [3.8, 4) is 17.0 Å². The molecule has 0 fully saturated rings. The van der Waals surface area contributed by atoms with Crippen LogP contribution in [-0.2, 0) is 24.4 Å². The second-order valence-electron chi connectivity index (χ2n) is 7.72. The molecular weight excluding hydrogens is 420 g/mol. The number of carbonyl (C=O) groups is 1. The Labute approximate surface area is 189 Å². The first-order chi connectivity index (χ1) is 16.1. The van der Waals surface area contributed by atoms with Crippen LogP contribution in [0.5, 0.6) is 5.75 Å². The van der Waals surface area contributed by atoms with Gasteiger partial charge >= 0.3 is 5.97 Å². The van der Waals surface area contributed by atoms with Crippen molar-refractivity contribution in [2.45, 2.75) is 19.7 Å². The Bertz CT molecular complexity index is 1450. The number of hydrogen-bond donors (Lipinski definition) is 1. The van der Waals surface area contributed by atoms with E-state index >= 15 is 0 Å². The molecule has 1 aromatic heterocycles. The lowest BCUT2D eigenvalue weighted by Crippen LogP contribution is -2.14. The van der Waals surface area contributed by atoms with E-state index in [4.69, 9.17) is 9.47 Å². The maximum absolute atomic E-state index is 12.2. The molecule has 0 spiro atoms. The maximum Gasteiger partial charge on any atom is 0.341 e. The lowest BCUT2D eigenvalue weighted by atomic mass is 10.1. The highest BCUT2D eigenvalue weighted by Gasteiger charge is 2.21. The second-order valence-corrected chi connectivity index (χ2v) is 7.72. The average Bonchev–Trinajstić information content (AvgIpc) is 3.44. The van der Waals surface area contributed by atoms with E-state index in [1.165, 1.54) is 7.11 Å². The van der Waals surface area contributed by atoms with Gasteiger partial charge in [0.05, 0.1) is 12.7 Å². The number of pyridine rings is 1. The fourth-order valence-electron chi connectivity index (χ4n) is 3.91. The standard InChI is InChI=1S/C25H22N4O4/c1-32-25(31)21-15-28(14-20-23(21)26-27-24(20)30)11-12-29-10-9-18-13-19(7-8-22(18)29)33-16-17-5-3-2-4-6-17/h2-10,13-15H,11-12,16H2,1H3,(H,27,30). The van der Waals surface area contributed by atoms with Crippen LogP contribution in [0.4, 0.5) is 0 Å². The van der Waals surface area contributed by atoms with Crippen LogP contribution >= 0.6 is 0 Å². The molecule has 0 unspecified atom stereocenters. The van der Waals surface area contributed by atoms with Crippen molar-refractivity contribution < 1.29 is 14.3 Å². The molecular formula is C25H22N4O4. The van der Waals surface area contributed by atoms with Crippen LogP contribution in [0.2, 0.25) is 0 Å². The summed E-state index contributed by atoms with van der Waals surface area (Å²) in [6.07, 6.45) is 5.38. The zero-order valence-electron chi connectivity index (χ0n) is 18.0. The first-order valence-corrected chi connectivity index (χ1v) is 10.5. The van der Waals surface area contributed by atoms with Crippen molar-refractivity contribution in [3.63, 3.8) is 0 Å². The summed E-state index contributed by atoms with van der Waals surface area (Å²) in [6.45, 7) is 1.72. The van der Waals surface area contributed by atoms with Crippen LogP contribution in [0.15, 0.2) is 78.0 Å². The highest BCUT2D eigenvalue weighted by molar-refractivity contribution is 5.95. The Balaban J connectivity index is 1.34. The molecule has 2 aromatic carbocycles. The summed E-state index contributed by atoms with van der Waals surface area (Å²) in [5, 5.41) is 7.43. The van der Waals surface area contributed by atoms with Crippen LogP contribution < -0.4 is 10.3 Å². The van der Waals surface area contributed by atoms with Gasteiger partial charge in [-0.25, -0.2) is 9.89 Å². The normalized spacial score (nSPS) is 11.2. The predicted molar refractivity (Wildman–Crippen MR) is 124 cm³/mol. The Morgan fingerprint density at radius 1 is 1.06 bits per heavy atom. The number of aryl methyl sites for hydroxylation is 2. The van der Waals surface area contributed by atoms with Crippen LogP contribution in [0.25, 0.3) is 22.2 Å². The molecule has 33 heavy (non-hydrogen) atoms. The molecule has 0 amide bonds. The molecule has 0 saturated carbocycles. The monoisotopic (exact) mass is 442 g/mol. The molecule has 0 bridgehead atoms. The van der Waals surface area contributed by atoms with Crippen molar-refractivity contribution in [3.05, 3.63) is 94.7 Å². The number of ether oxygens (including phenoxy) is 2. The van der Waals surface area contributed by atoms with Crippen LogP contribution in [0.3, 0.4) is 0 Å².